The van der Waals surface area contributed by atoms with Crippen molar-refractivity contribution in [3.8, 4) is 0 Å². The molecule has 6 aliphatic heterocycles. The Balaban J connectivity index is 1.28. The zero-order chi connectivity index (χ0) is 16.8. The van der Waals surface area contributed by atoms with Gasteiger partial charge < -0.3 is 0 Å². The summed E-state index contributed by atoms with van der Waals surface area (Å²) in [6.07, 6.45) is 16.1. The molecule has 2 saturated carbocycles. The molecule has 0 amide bonds. The molecule has 138 valence electrons. The van der Waals surface area contributed by atoms with Crippen LogP contribution >= 0.6 is 15.8 Å². The van der Waals surface area contributed by atoms with E-state index in [1.807, 2.05) is 11.1 Å². The standard InChI is InChI=1S/C24H32P2/c1-2-4-22(24-20-9-17-6-18(10-20)14-26(24)13-17)21(3-1)23-19-7-15-5-16(8-19)12-25(23)11-15/h1-4,15-20,23-24H,5-14H2. The van der Waals surface area contributed by atoms with Crippen molar-refractivity contribution < 1.29 is 0 Å². The van der Waals surface area contributed by atoms with Gasteiger partial charge in [0.1, 0.15) is 0 Å². The molecule has 2 aliphatic carbocycles. The van der Waals surface area contributed by atoms with Gasteiger partial charge in [-0.2, -0.15) is 0 Å². The average Bonchev–Trinajstić information content (AvgIpc) is 2.61. The van der Waals surface area contributed by atoms with Crippen LogP contribution in [0.5, 0.6) is 0 Å². The first-order chi connectivity index (χ1) is 12.8. The number of benzene rings is 1. The Hall–Kier alpha value is 0.0800. The van der Waals surface area contributed by atoms with E-state index in [9.17, 15) is 0 Å². The number of hydrogen-bond donors (Lipinski definition) is 0. The van der Waals surface area contributed by atoms with Gasteiger partial charge in [-0.05, 0) is 110 Å². The van der Waals surface area contributed by atoms with Crippen LogP contribution in [0.2, 0.25) is 0 Å². The lowest BCUT2D eigenvalue weighted by Gasteiger charge is -2.57. The van der Waals surface area contributed by atoms with E-state index in [-0.39, 0.29) is 0 Å². The Morgan fingerprint density at radius 2 is 0.923 bits per heavy atom. The quantitative estimate of drug-likeness (QED) is 0.491. The molecule has 0 radical (unpaired) electrons. The van der Waals surface area contributed by atoms with E-state index in [0.717, 1.165) is 46.8 Å². The first-order valence-corrected chi connectivity index (χ1v) is 14.9. The number of hydrogen-bond acceptors (Lipinski definition) is 0. The molecule has 9 rings (SSSR count). The molecule has 1 aromatic carbocycles. The summed E-state index contributed by atoms with van der Waals surface area (Å²) < 4.78 is 0. The van der Waals surface area contributed by atoms with Gasteiger partial charge in [0.2, 0.25) is 0 Å². The molecule has 6 heterocycles. The van der Waals surface area contributed by atoms with E-state index < -0.39 is 0 Å². The first kappa shape index (κ1) is 15.9. The maximum absolute atomic E-state index is 2.62. The molecule has 8 bridgehead atoms. The summed E-state index contributed by atoms with van der Waals surface area (Å²) >= 11 is 0. The minimum atomic E-state index is 0.304. The SMILES string of the molecule is c1ccc(C2C3CC4CC(C3)CP2C4)c(C2C3CC4CC(C3)CP2C4)c1. The van der Waals surface area contributed by atoms with Crippen LogP contribution in [0.15, 0.2) is 24.3 Å². The summed E-state index contributed by atoms with van der Waals surface area (Å²) in [5.41, 5.74) is 5.79. The highest BCUT2D eigenvalue weighted by atomic mass is 31.1. The minimum Gasteiger partial charge on any atom is -0.0982 e. The highest BCUT2D eigenvalue weighted by molar-refractivity contribution is 7.58. The van der Waals surface area contributed by atoms with Crippen LogP contribution in [0.3, 0.4) is 0 Å². The van der Waals surface area contributed by atoms with Crippen molar-refractivity contribution in [3.63, 3.8) is 0 Å². The molecule has 0 nitrogen and oxygen atoms in total. The largest absolute Gasteiger partial charge is 0.0982 e. The van der Waals surface area contributed by atoms with Gasteiger partial charge in [0.15, 0.2) is 0 Å². The zero-order valence-electron chi connectivity index (χ0n) is 15.9. The van der Waals surface area contributed by atoms with Gasteiger partial charge in [-0.15, -0.1) is 0 Å². The van der Waals surface area contributed by atoms with Crippen LogP contribution in [0.1, 0.15) is 61.0 Å². The molecule has 0 aromatic heterocycles. The van der Waals surface area contributed by atoms with E-state index in [4.69, 9.17) is 0 Å². The van der Waals surface area contributed by atoms with Crippen LogP contribution in [-0.4, -0.2) is 24.6 Å². The van der Waals surface area contributed by atoms with Crippen LogP contribution in [0, 0.1) is 35.5 Å². The molecule has 26 heavy (non-hydrogen) atoms. The third kappa shape index (κ3) is 2.28. The molecule has 0 spiro atoms. The maximum Gasteiger partial charge on any atom is 0.00734 e. The third-order valence-corrected chi connectivity index (χ3v) is 16.1. The molecule has 2 heteroatoms. The first-order valence-electron chi connectivity index (χ1n) is 11.4. The van der Waals surface area contributed by atoms with Gasteiger partial charge in [-0.1, -0.05) is 40.1 Å². The highest BCUT2D eigenvalue weighted by Gasteiger charge is 2.52. The minimum absolute atomic E-state index is 0.304. The smallest absolute Gasteiger partial charge is 0.00734 e. The predicted octanol–water partition coefficient (Wildman–Crippen LogP) is 6.85. The highest BCUT2D eigenvalue weighted by Crippen LogP contribution is 2.74. The molecule has 8 aliphatic rings. The van der Waals surface area contributed by atoms with Crippen LogP contribution in [-0.2, 0) is 0 Å². The molecule has 6 atom stereocenters. The average molecular weight is 382 g/mol. The summed E-state index contributed by atoms with van der Waals surface area (Å²) in [5, 5.41) is 0. The Kier molecular flexibility index (Phi) is 3.55. The van der Waals surface area contributed by atoms with E-state index in [0.29, 0.717) is 15.8 Å². The Morgan fingerprint density at radius 1 is 0.538 bits per heavy atom. The summed E-state index contributed by atoms with van der Waals surface area (Å²) in [4.78, 5) is 0. The molecule has 1 aromatic rings. The van der Waals surface area contributed by atoms with Gasteiger partial charge in [-0.25, -0.2) is 0 Å². The van der Waals surface area contributed by atoms with Gasteiger partial charge in [0, 0.05) is 11.3 Å². The summed E-state index contributed by atoms with van der Waals surface area (Å²) in [6.45, 7) is 0. The zero-order valence-corrected chi connectivity index (χ0v) is 17.7. The molecular formula is C24H32P2. The number of rotatable bonds is 2. The van der Waals surface area contributed by atoms with Crippen LogP contribution in [0.4, 0.5) is 0 Å². The van der Waals surface area contributed by atoms with Crippen molar-refractivity contribution in [2.45, 2.75) is 49.8 Å². The summed E-state index contributed by atoms with van der Waals surface area (Å²) in [7, 11) is 0.608. The second kappa shape index (κ2) is 5.80. The van der Waals surface area contributed by atoms with E-state index in [1.54, 1.807) is 63.2 Å². The monoisotopic (exact) mass is 382 g/mol. The van der Waals surface area contributed by atoms with Crippen molar-refractivity contribution in [1.82, 2.24) is 0 Å². The van der Waals surface area contributed by atoms with Crippen LogP contribution < -0.4 is 0 Å². The Morgan fingerprint density at radius 3 is 1.27 bits per heavy atom. The fourth-order valence-corrected chi connectivity index (χ4v) is 16.8. The van der Waals surface area contributed by atoms with Crippen molar-refractivity contribution >= 4 is 15.8 Å². The normalized spacial score (nSPS) is 53.4. The molecule has 8 fully saturated rings. The van der Waals surface area contributed by atoms with Crippen molar-refractivity contribution in [2.24, 2.45) is 35.5 Å². The lowest BCUT2D eigenvalue weighted by atomic mass is 9.70. The molecule has 6 unspecified atom stereocenters. The second-order valence-corrected chi connectivity index (χ2v) is 15.8. The summed E-state index contributed by atoms with van der Waals surface area (Å²) in [5.74, 6) is 6.66. The lowest BCUT2D eigenvalue weighted by Crippen LogP contribution is -2.42. The second-order valence-electron chi connectivity index (χ2n) is 10.8. The van der Waals surface area contributed by atoms with Gasteiger partial charge in [-0.3, -0.25) is 0 Å². The van der Waals surface area contributed by atoms with Gasteiger partial charge in [0.05, 0.1) is 0 Å². The van der Waals surface area contributed by atoms with Gasteiger partial charge in [0.25, 0.3) is 0 Å². The van der Waals surface area contributed by atoms with Gasteiger partial charge >= 0.3 is 0 Å². The Labute approximate surface area is 161 Å². The predicted molar refractivity (Wildman–Crippen MR) is 114 cm³/mol. The van der Waals surface area contributed by atoms with Crippen molar-refractivity contribution in [2.75, 3.05) is 24.6 Å². The third-order valence-electron chi connectivity index (χ3n) is 9.16. The fourth-order valence-electron chi connectivity index (χ4n) is 8.82. The van der Waals surface area contributed by atoms with E-state index >= 15 is 0 Å². The molecular weight excluding hydrogens is 350 g/mol. The van der Waals surface area contributed by atoms with Crippen molar-refractivity contribution in [3.05, 3.63) is 35.4 Å². The summed E-state index contributed by atoms with van der Waals surface area (Å²) in [6, 6.07) is 10.0. The van der Waals surface area contributed by atoms with Crippen LogP contribution in [0.25, 0.3) is 0 Å². The molecule has 6 saturated heterocycles. The van der Waals surface area contributed by atoms with E-state index in [2.05, 4.69) is 24.3 Å². The fraction of sp³-hybridized carbons (Fsp3) is 0.750. The van der Waals surface area contributed by atoms with Crippen molar-refractivity contribution in [1.29, 1.82) is 0 Å². The Bertz CT molecular complexity index is 608. The van der Waals surface area contributed by atoms with E-state index in [1.165, 1.54) is 0 Å². The topological polar surface area (TPSA) is 0 Å². The lowest BCUT2D eigenvalue weighted by molar-refractivity contribution is 0.180. The molecule has 0 N–H and O–H groups in total. The maximum atomic E-state index is 2.62.